The molecule has 7 rings (SSSR count). The largest absolute Gasteiger partial charge is 0.493 e. The number of anilines is 1. The second-order valence-electron chi connectivity index (χ2n) is 12.2. The molecule has 2 atom stereocenters. The van der Waals surface area contributed by atoms with E-state index in [0.717, 1.165) is 62.3 Å². The van der Waals surface area contributed by atoms with E-state index in [1.807, 2.05) is 4.90 Å². The van der Waals surface area contributed by atoms with Gasteiger partial charge < -0.3 is 14.5 Å². The molecule has 4 aliphatic rings. The monoisotopic (exact) mass is 578 g/mol. The molecule has 3 fully saturated rings. The number of ether oxygens (including phenoxy) is 1. The van der Waals surface area contributed by atoms with E-state index >= 15 is 0 Å². The van der Waals surface area contributed by atoms with Crippen LogP contribution < -0.4 is 9.64 Å². The average molecular weight is 579 g/mol. The van der Waals surface area contributed by atoms with Crippen molar-refractivity contribution in [3.63, 3.8) is 0 Å². The van der Waals surface area contributed by atoms with Crippen LogP contribution in [0.4, 0.5) is 10.3 Å². The quantitative estimate of drug-likeness (QED) is 0.370. The van der Waals surface area contributed by atoms with Crippen LogP contribution in [0.2, 0.25) is 5.02 Å². The first-order valence-corrected chi connectivity index (χ1v) is 15.4. The molecule has 3 aromatic rings. The van der Waals surface area contributed by atoms with Crippen LogP contribution in [0.25, 0.3) is 0 Å². The molecule has 8 nitrogen and oxygen atoms in total. The number of H-pyrrole nitrogens is 1. The second-order valence-corrected chi connectivity index (χ2v) is 12.6. The van der Waals surface area contributed by atoms with E-state index in [0.29, 0.717) is 47.9 Å². The predicted molar refractivity (Wildman–Crippen MR) is 153 cm³/mol. The number of halogens is 2. The van der Waals surface area contributed by atoms with E-state index in [9.17, 15) is 9.18 Å². The van der Waals surface area contributed by atoms with Gasteiger partial charge in [-0.25, -0.2) is 14.4 Å². The van der Waals surface area contributed by atoms with Crippen LogP contribution in [-0.4, -0.2) is 57.2 Å². The SMILES string of the molecule is O=C(Cc1ccc(OCC[C@@H]2C[C@@H]2C2CCN(c3ncc(Cl)cn3)CC2)cc1F)N1CCc2c(C3CC3)n[nH]c2C1. The molecule has 0 spiro atoms. The third kappa shape index (κ3) is 5.92. The van der Waals surface area contributed by atoms with Gasteiger partial charge in [0.15, 0.2) is 0 Å². The van der Waals surface area contributed by atoms with E-state index in [-0.39, 0.29) is 18.1 Å². The highest BCUT2D eigenvalue weighted by atomic mass is 35.5. The molecule has 216 valence electrons. The summed E-state index contributed by atoms with van der Waals surface area (Å²) in [5.74, 6) is 3.61. The predicted octanol–water partition coefficient (Wildman–Crippen LogP) is 5.32. The van der Waals surface area contributed by atoms with Crippen LogP contribution in [0.1, 0.15) is 67.0 Å². The normalized spacial score (nSPS) is 22.5. The number of carbonyl (C=O) groups excluding carboxylic acids is 1. The Balaban J connectivity index is 0.840. The van der Waals surface area contributed by atoms with Crippen molar-refractivity contribution in [1.82, 2.24) is 25.1 Å². The van der Waals surface area contributed by atoms with E-state index in [2.05, 4.69) is 25.1 Å². The fourth-order valence-electron chi connectivity index (χ4n) is 6.79. The van der Waals surface area contributed by atoms with Gasteiger partial charge in [0.2, 0.25) is 11.9 Å². The molecule has 4 heterocycles. The molecule has 41 heavy (non-hydrogen) atoms. The maximum absolute atomic E-state index is 14.9. The topological polar surface area (TPSA) is 87.2 Å². The molecule has 1 saturated heterocycles. The molecule has 0 radical (unpaired) electrons. The van der Waals surface area contributed by atoms with Crippen molar-refractivity contribution in [2.75, 3.05) is 31.1 Å². The number of hydrogen-bond acceptors (Lipinski definition) is 6. The minimum atomic E-state index is -0.383. The summed E-state index contributed by atoms with van der Waals surface area (Å²) in [7, 11) is 0. The molecule has 1 aromatic carbocycles. The van der Waals surface area contributed by atoms with Crippen molar-refractivity contribution in [2.24, 2.45) is 17.8 Å². The Morgan fingerprint density at radius 3 is 2.68 bits per heavy atom. The molecule has 2 aliphatic heterocycles. The van der Waals surface area contributed by atoms with Gasteiger partial charge in [-0.1, -0.05) is 17.7 Å². The number of nitrogens with zero attached hydrogens (tertiary/aromatic N) is 5. The number of rotatable bonds is 9. The fourth-order valence-corrected chi connectivity index (χ4v) is 6.89. The minimum absolute atomic E-state index is 0.0534. The van der Waals surface area contributed by atoms with Gasteiger partial charge in [0.25, 0.3) is 0 Å². The highest BCUT2D eigenvalue weighted by Gasteiger charge is 2.43. The first-order chi connectivity index (χ1) is 20.0. The lowest BCUT2D eigenvalue weighted by molar-refractivity contribution is -0.131. The zero-order valence-corrected chi connectivity index (χ0v) is 24.0. The van der Waals surface area contributed by atoms with Crippen molar-refractivity contribution in [2.45, 2.75) is 63.8 Å². The standard InChI is InChI=1S/C31H36ClFN6O2/c32-23-16-34-31(35-17-23)38-9-5-19(6-10-38)26-13-21(26)8-12-41-24-4-3-22(27(33)15-24)14-29(40)39-11-7-25-28(18-39)36-37-30(25)20-1-2-20/h3-4,15-17,19-21,26H,1-2,5-14,18H2,(H,36,37)/t21-,26-/m1/s1. The first kappa shape index (κ1) is 26.7. The molecule has 1 amide bonds. The average Bonchev–Trinajstić information content (AvgIpc) is 3.93. The fraction of sp³-hybridized carbons (Fsp3) is 0.548. The van der Waals surface area contributed by atoms with Crippen LogP contribution in [-0.2, 0) is 24.2 Å². The molecular weight excluding hydrogens is 543 g/mol. The molecule has 0 unspecified atom stereocenters. The number of aromatic amines is 1. The Labute approximate surface area is 244 Å². The number of hydrogen-bond donors (Lipinski definition) is 1. The number of fused-ring (bicyclic) bond motifs is 1. The van der Waals surface area contributed by atoms with Crippen molar-refractivity contribution in [3.8, 4) is 5.75 Å². The van der Waals surface area contributed by atoms with Gasteiger partial charge in [0, 0.05) is 37.2 Å². The summed E-state index contributed by atoms with van der Waals surface area (Å²) in [5.41, 5.74) is 3.93. The molecule has 1 N–H and O–H groups in total. The maximum Gasteiger partial charge on any atom is 0.227 e. The third-order valence-electron chi connectivity index (χ3n) is 9.42. The van der Waals surface area contributed by atoms with Gasteiger partial charge in [0.1, 0.15) is 11.6 Å². The smallest absolute Gasteiger partial charge is 0.227 e. The van der Waals surface area contributed by atoms with Gasteiger partial charge >= 0.3 is 0 Å². The highest BCUT2D eigenvalue weighted by molar-refractivity contribution is 6.30. The lowest BCUT2D eigenvalue weighted by Gasteiger charge is -2.32. The van der Waals surface area contributed by atoms with E-state index in [4.69, 9.17) is 16.3 Å². The first-order valence-electron chi connectivity index (χ1n) is 15.0. The Kier molecular flexibility index (Phi) is 7.31. The Morgan fingerprint density at radius 2 is 1.93 bits per heavy atom. The summed E-state index contributed by atoms with van der Waals surface area (Å²) in [5, 5.41) is 8.19. The van der Waals surface area contributed by atoms with Crippen molar-refractivity contribution >= 4 is 23.5 Å². The molecule has 2 saturated carbocycles. The van der Waals surface area contributed by atoms with E-state index in [1.165, 1.54) is 36.6 Å². The minimum Gasteiger partial charge on any atom is -0.493 e. The maximum atomic E-state index is 14.9. The van der Waals surface area contributed by atoms with Gasteiger partial charge in [-0.2, -0.15) is 5.10 Å². The number of aromatic nitrogens is 4. The number of benzene rings is 1. The van der Waals surface area contributed by atoms with Crippen molar-refractivity contribution < 1.29 is 13.9 Å². The molecule has 2 aliphatic carbocycles. The number of piperidine rings is 1. The second kappa shape index (κ2) is 11.2. The molecule has 0 bridgehead atoms. The lowest BCUT2D eigenvalue weighted by atomic mass is 9.90. The Bertz CT molecular complexity index is 1400. The van der Waals surface area contributed by atoms with Gasteiger partial charge in [-0.15, -0.1) is 0 Å². The summed E-state index contributed by atoms with van der Waals surface area (Å²) in [6, 6.07) is 4.90. The van der Waals surface area contributed by atoms with Crippen LogP contribution in [0.15, 0.2) is 30.6 Å². The van der Waals surface area contributed by atoms with Gasteiger partial charge in [-0.3, -0.25) is 9.89 Å². The lowest BCUT2D eigenvalue weighted by Crippen LogP contribution is -2.37. The van der Waals surface area contributed by atoms with E-state index in [1.54, 1.807) is 24.5 Å². The van der Waals surface area contributed by atoms with Gasteiger partial charge in [-0.05, 0) is 74.3 Å². The van der Waals surface area contributed by atoms with Crippen molar-refractivity contribution in [1.29, 1.82) is 0 Å². The summed E-state index contributed by atoms with van der Waals surface area (Å²) < 4.78 is 20.8. The Hall–Kier alpha value is -3.20. The zero-order chi connectivity index (χ0) is 27.9. The van der Waals surface area contributed by atoms with Crippen LogP contribution in [0, 0.1) is 23.6 Å². The summed E-state index contributed by atoms with van der Waals surface area (Å²) in [6.07, 6.45) is 11.1. The van der Waals surface area contributed by atoms with Gasteiger partial charge in [0.05, 0.1) is 48.4 Å². The zero-order valence-electron chi connectivity index (χ0n) is 23.2. The number of amides is 1. The molecular formula is C31H36ClFN6O2. The Morgan fingerprint density at radius 1 is 1.12 bits per heavy atom. The number of nitrogens with one attached hydrogen (secondary N) is 1. The summed E-state index contributed by atoms with van der Waals surface area (Å²) >= 11 is 5.91. The third-order valence-corrected chi connectivity index (χ3v) is 9.61. The molecule has 2 aromatic heterocycles. The highest BCUT2D eigenvalue weighted by Crippen LogP contribution is 2.50. The summed E-state index contributed by atoms with van der Waals surface area (Å²) in [6.45, 7) is 3.72. The summed E-state index contributed by atoms with van der Waals surface area (Å²) in [4.78, 5) is 25.7. The van der Waals surface area contributed by atoms with Crippen molar-refractivity contribution in [3.05, 3.63) is 63.9 Å². The van der Waals surface area contributed by atoms with E-state index < -0.39 is 0 Å². The van der Waals surface area contributed by atoms with Crippen LogP contribution in [0.3, 0.4) is 0 Å². The number of carbonyl (C=O) groups is 1. The van der Waals surface area contributed by atoms with Crippen LogP contribution >= 0.6 is 11.6 Å². The van der Waals surface area contributed by atoms with Crippen LogP contribution in [0.5, 0.6) is 5.75 Å². The molecule has 10 heteroatoms.